The largest absolute Gasteiger partial charge is 0.467 e. The van der Waals surface area contributed by atoms with Gasteiger partial charge in [-0.15, -0.1) is 0 Å². The lowest BCUT2D eigenvalue weighted by molar-refractivity contribution is -0.140. The molecular weight excluding hydrogens is 594 g/mol. The van der Waals surface area contributed by atoms with E-state index in [1.54, 1.807) is 26.8 Å². The van der Waals surface area contributed by atoms with Gasteiger partial charge < -0.3 is 34.8 Å². The van der Waals surface area contributed by atoms with Crippen molar-refractivity contribution in [2.24, 2.45) is 0 Å². The molecule has 2 N–H and O–H groups in total. The second-order valence-electron chi connectivity index (χ2n) is 11.8. The summed E-state index contributed by atoms with van der Waals surface area (Å²) in [5.74, 6) is -1.13. The fourth-order valence-corrected chi connectivity index (χ4v) is 5.63. The number of hydrogen-bond acceptors (Lipinski definition) is 8. The van der Waals surface area contributed by atoms with Gasteiger partial charge in [-0.2, -0.15) is 5.10 Å². The zero-order valence-electron chi connectivity index (χ0n) is 26.3. The van der Waals surface area contributed by atoms with Gasteiger partial charge >= 0.3 is 6.09 Å². The van der Waals surface area contributed by atoms with E-state index in [4.69, 9.17) is 9.47 Å². The fraction of sp³-hybridized carbons (Fsp3) is 0.562. The lowest BCUT2D eigenvalue weighted by Gasteiger charge is -2.34. The van der Waals surface area contributed by atoms with Gasteiger partial charge in [0.25, 0.3) is 11.8 Å². The monoisotopic (exact) mass is 637 g/mol. The summed E-state index contributed by atoms with van der Waals surface area (Å²) in [7, 11) is 0. The molecule has 14 heteroatoms. The smallest absolute Gasteiger partial charge is 0.409 e. The molecule has 3 fully saturated rings. The summed E-state index contributed by atoms with van der Waals surface area (Å²) in [5, 5.41) is 10.1. The van der Waals surface area contributed by atoms with E-state index in [0.717, 1.165) is 38.5 Å². The summed E-state index contributed by atoms with van der Waals surface area (Å²) < 4.78 is 12.6. The first-order valence-corrected chi connectivity index (χ1v) is 16.2. The van der Waals surface area contributed by atoms with Crippen LogP contribution in [-0.2, 0) is 19.1 Å². The van der Waals surface area contributed by atoms with E-state index in [1.165, 1.54) is 10.7 Å². The first-order chi connectivity index (χ1) is 22.3. The summed E-state index contributed by atoms with van der Waals surface area (Å²) in [6, 6.07) is 10.1. The number of ether oxygens (including phenoxy) is 2. The lowest BCUT2D eigenvalue weighted by Crippen LogP contribution is -2.52. The molecule has 2 aromatic rings. The minimum absolute atomic E-state index is 0.0117. The molecule has 0 bridgehead atoms. The van der Waals surface area contributed by atoms with Crippen LogP contribution in [0, 0.1) is 0 Å². The Hall–Kier alpha value is -4.62. The second kappa shape index (κ2) is 15.6. The van der Waals surface area contributed by atoms with Crippen LogP contribution in [0.3, 0.4) is 0 Å². The van der Waals surface area contributed by atoms with Crippen molar-refractivity contribution in [3.63, 3.8) is 0 Å². The molecule has 1 aromatic heterocycles. The number of amides is 5. The molecule has 1 atom stereocenters. The standard InChI is InChI=1S/C32H43N7O7/c1-2-3-19-45-32(44)37-17-15-36(16-18-37)27(40)21-33-30(42)25-20-29(39(35-25)24-11-5-4-6-12-24)46-22-28(41)38-14-8-13-26(38)31(43)34-23-9-7-10-23/h4-6,11-12,20,23,26H,2-3,7-10,13-19,21-22H2,1H3,(H,33,42)(H,34,43). The summed E-state index contributed by atoms with van der Waals surface area (Å²) in [5.41, 5.74) is 0.628. The SMILES string of the molecule is CCCCOC(=O)N1CCN(C(=O)CNC(=O)c2cc(OCC(=O)N3CCCC3C(=O)NC3CCC3)n(-c3ccccc3)n2)CC1. The summed E-state index contributed by atoms with van der Waals surface area (Å²) in [6.45, 7) is 3.69. The van der Waals surface area contributed by atoms with Crippen LogP contribution in [0.1, 0.15) is 62.4 Å². The number of benzene rings is 1. The van der Waals surface area contributed by atoms with Crippen LogP contribution in [0.15, 0.2) is 36.4 Å². The molecule has 2 saturated heterocycles. The first-order valence-electron chi connectivity index (χ1n) is 16.2. The van der Waals surface area contributed by atoms with Crippen molar-refractivity contribution in [3.8, 4) is 11.6 Å². The third-order valence-electron chi connectivity index (χ3n) is 8.60. The zero-order chi connectivity index (χ0) is 32.5. The fourth-order valence-electron chi connectivity index (χ4n) is 5.63. The molecule has 14 nitrogen and oxygen atoms in total. The van der Waals surface area contributed by atoms with E-state index in [2.05, 4.69) is 15.7 Å². The molecule has 248 valence electrons. The number of hydrogen-bond donors (Lipinski definition) is 2. The molecule has 2 aliphatic heterocycles. The molecule has 46 heavy (non-hydrogen) atoms. The predicted molar refractivity (Wildman–Crippen MR) is 166 cm³/mol. The Kier molecular flexibility index (Phi) is 11.1. The van der Waals surface area contributed by atoms with Crippen LogP contribution in [0.5, 0.6) is 5.88 Å². The highest BCUT2D eigenvalue weighted by Gasteiger charge is 2.36. The lowest BCUT2D eigenvalue weighted by atomic mass is 9.93. The van der Waals surface area contributed by atoms with Gasteiger partial charge in [0.1, 0.15) is 6.04 Å². The zero-order valence-corrected chi connectivity index (χ0v) is 26.3. The van der Waals surface area contributed by atoms with Gasteiger partial charge in [0.2, 0.25) is 17.7 Å². The van der Waals surface area contributed by atoms with Crippen LogP contribution < -0.4 is 15.4 Å². The number of carbonyl (C=O) groups is 5. The van der Waals surface area contributed by atoms with Gasteiger partial charge in [-0.05, 0) is 50.7 Å². The van der Waals surface area contributed by atoms with E-state index in [0.29, 0.717) is 51.4 Å². The van der Waals surface area contributed by atoms with Crippen molar-refractivity contribution < 1.29 is 33.4 Å². The molecule has 1 aliphatic carbocycles. The van der Waals surface area contributed by atoms with E-state index in [-0.39, 0.29) is 54.6 Å². The highest BCUT2D eigenvalue weighted by atomic mass is 16.6. The van der Waals surface area contributed by atoms with Crippen molar-refractivity contribution in [2.75, 3.05) is 52.5 Å². The van der Waals surface area contributed by atoms with Crippen molar-refractivity contribution in [2.45, 2.75) is 64.0 Å². The van der Waals surface area contributed by atoms with E-state index >= 15 is 0 Å². The number of unbranched alkanes of at least 4 members (excludes halogenated alkanes) is 1. The summed E-state index contributed by atoms with van der Waals surface area (Å²) >= 11 is 0. The van der Waals surface area contributed by atoms with Gasteiger partial charge in [0.15, 0.2) is 12.3 Å². The normalized spacial score (nSPS) is 18.1. The number of carbonyl (C=O) groups excluding carboxylic acids is 5. The minimum Gasteiger partial charge on any atom is -0.467 e. The Morgan fingerprint density at radius 3 is 2.35 bits per heavy atom. The van der Waals surface area contributed by atoms with Gasteiger partial charge in [0.05, 0.1) is 18.8 Å². The molecule has 1 saturated carbocycles. The Morgan fingerprint density at radius 2 is 1.65 bits per heavy atom. The Labute approximate surface area is 268 Å². The van der Waals surface area contributed by atoms with Crippen LogP contribution in [0.4, 0.5) is 4.79 Å². The first kappa shape index (κ1) is 32.8. The van der Waals surface area contributed by atoms with Gasteiger partial charge in [-0.25, -0.2) is 9.48 Å². The summed E-state index contributed by atoms with van der Waals surface area (Å²) in [4.78, 5) is 68.8. The van der Waals surface area contributed by atoms with Gasteiger partial charge in [-0.3, -0.25) is 19.2 Å². The average molecular weight is 638 g/mol. The third-order valence-corrected chi connectivity index (χ3v) is 8.60. The maximum atomic E-state index is 13.2. The van der Waals surface area contributed by atoms with Crippen molar-refractivity contribution in [1.82, 2.24) is 35.1 Å². The van der Waals surface area contributed by atoms with Crippen molar-refractivity contribution >= 4 is 29.7 Å². The van der Waals surface area contributed by atoms with Crippen LogP contribution in [-0.4, -0.2) is 119 Å². The number of para-hydroxylation sites is 1. The van der Waals surface area contributed by atoms with Crippen LogP contribution in [0.25, 0.3) is 5.69 Å². The number of nitrogens with one attached hydrogen (secondary N) is 2. The topological polar surface area (TPSA) is 155 Å². The molecular formula is C32H43N7O7. The predicted octanol–water partition coefficient (Wildman–Crippen LogP) is 1.72. The number of likely N-dealkylation sites (tertiary alicyclic amines) is 1. The molecule has 0 radical (unpaired) electrons. The Morgan fingerprint density at radius 1 is 0.913 bits per heavy atom. The Bertz CT molecular complexity index is 1390. The van der Waals surface area contributed by atoms with E-state index in [9.17, 15) is 24.0 Å². The minimum atomic E-state index is -0.579. The molecule has 5 rings (SSSR count). The third kappa shape index (κ3) is 8.15. The van der Waals surface area contributed by atoms with Gasteiger partial charge in [0, 0.05) is 44.8 Å². The second-order valence-corrected chi connectivity index (χ2v) is 11.8. The molecule has 0 spiro atoms. The number of piperazine rings is 1. The highest BCUT2D eigenvalue weighted by molar-refractivity contribution is 5.95. The summed E-state index contributed by atoms with van der Waals surface area (Å²) in [6.07, 6.45) is 5.75. The molecule has 1 aromatic carbocycles. The molecule has 3 aliphatic rings. The molecule has 3 heterocycles. The number of aromatic nitrogens is 2. The Balaban J connectivity index is 1.16. The van der Waals surface area contributed by atoms with Crippen LogP contribution in [0.2, 0.25) is 0 Å². The van der Waals surface area contributed by atoms with Crippen molar-refractivity contribution in [3.05, 3.63) is 42.1 Å². The van der Waals surface area contributed by atoms with E-state index in [1.807, 2.05) is 25.1 Å². The molecule has 1 unspecified atom stereocenters. The average Bonchev–Trinajstić information content (AvgIpc) is 3.73. The maximum Gasteiger partial charge on any atom is 0.409 e. The van der Waals surface area contributed by atoms with Gasteiger partial charge in [-0.1, -0.05) is 31.5 Å². The van der Waals surface area contributed by atoms with Crippen LogP contribution >= 0.6 is 0 Å². The molecule has 5 amide bonds. The highest BCUT2D eigenvalue weighted by Crippen LogP contribution is 2.23. The maximum absolute atomic E-state index is 13.2. The number of rotatable bonds is 12. The quantitative estimate of drug-likeness (QED) is 0.334. The number of nitrogens with zero attached hydrogens (tertiary/aromatic N) is 5. The van der Waals surface area contributed by atoms with E-state index < -0.39 is 11.9 Å². The van der Waals surface area contributed by atoms with Crippen molar-refractivity contribution in [1.29, 1.82) is 0 Å².